The summed E-state index contributed by atoms with van der Waals surface area (Å²) < 4.78 is 34.7. The molecule has 1 unspecified atom stereocenters. The monoisotopic (exact) mass is 487 g/mol. The Morgan fingerprint density at radius 1 is 1.53 bits per heavy atom. The number of allylic oxidation sites excluding steroid dienone is 1. The first-order chi connectivity index (χ1) is 16.3. The van der Waals surface area contributed by atoms with E-state index < -0.39 is 22.6 Å². The quantitative estimate of drug-likeness (QED) is 0.326. The summed E-state index contributed by atoms with van der Waals surface area (Å²) in [6.07, 6.45) is 12.2. The van der Waals surface area contributed by atoms with Crippen molar-refractivity contribution in [1.82, 2.24) is 9.97 Å². The molecular formula is C23H27F2N7OS. The van der Waals surface area contributed by atoms with E-state index >= 15 is 4.39 Å². The molecule has 0 aliphatic carbocycles. The van der Waals surface area contributed by atoms with Gasteiger partial charge in [0.05, 0.1) is 24.0 Å². The topological polar surface area (TPSA) is 101 Å². The number of aliphatic imine (C=N–C) groups is 3. The van der Waals surface area contributed by atoms with E-state index in [0.717, 1.165) is 12.4 Å². The molecule has 0 amide bonds. The third kappa shape index (κ3) is 4.97. The molecular weight excluding hydrogens is 460 g/mol. The zero-order chi connectivity index (χ0) is 24.8. The molecule has 1 aromatic rings. The summed E-state index contributed by atoms with van der Waals surface area (Å²) in [5.41, 5.74) is 3.82. The summed E-state index contributed by atoms with van der Waals surface area (Å²) in [6.45, 7) is 7.69. The van der Waals surface area contributed by atoms with Gasteiger partial charge in [-0.2, -0.15) is 0 Å². The molecule has 1 aromatic heterocycles. The predicted molar refractivity (Wildman–Crippen MR) is 133 cm³/mol. The second-order valence-corrected chi connectivity index (χ2v) is 9.07. The Balaban J connectivity index is 2.12. The maximum Gasteiger partial charge on any atom is 0.232 e. The van der Waals surface area contributed by atoms with E-state index in [0.29, 0.717) is 29.8 Å². The average Bonchev–Trinajstić information content (AvgIpc) is 3.21. The van der Waals surface area contributed by atoms with Crippen LogP contribution in [0, 0.1) is 29.5 Å². The van der Waals surface area contributed by atoms with Crippen molar-refractivity contribution in [2.45, 2.75) is 25.8 Å². The van der Waals surface area contributed by atoms with Gasteiger partial charge in [-0.05, 0) is 20.1 Å². The molecule has 34 heavy (non-hydrogen) atoms. The zero-order valence-corrected chi connectivity index (χ0v) is 19.9. The highest BCUT2D eigenvalue weighted by Crippen LogP contribution is 2.52. The fourth-order valence-electron chi connectivity index (χ4n) is 4.23. The van der Waals surface area contributed by atoms with Crippen LogP contribution in [0.4, 0.5) is 14.7 Å². The van der Waals surface area contributed by atoms with Gasteiger partial charge in [-0.25, -0.2) is 23.7 Å². The molecule has 3 heterocycles. The first-order valence-electron chi connectivity index (χ1n) is 10.6. The van der Waals surface area contributed by atoms with Crippen molar-refractivity contribution in [3.05, 3.63) is 42.2 Å². The SMILES string of the molecule is C#CCO/C(=C/N=C)N=CC(C)(/C(F)=C\CC)[C@]12CN(c3ncc(F)cn3)C[C@H]1CSC(N)=N2. The van der Waals surface area contributed by atoms with Gasteiger partial charge in [-0.3, -0.25) is 9.98 Å². The Labute approximate surface area is 202 Å². The molecule has 11 heteroatoms. The molecule has 0 aromatic carbocycles. The summed E-state index contributed by atoms with van der Waals surface area (Å²) in [5.74, 6) is 2.33. The first kappa shape index (κ1) is 25.4. The van der Waals surface area contributed by atoms with Crippen LogP contribution in [0.2, 0.25) is 0 Å². The molecule has 0 saturated carbocycles. The fraction of sp³-hybridized carbons (Fsp3) is 0.435. The number of halogens is 2. The zero-order valence-electron chi connectivity index (χ0n) is 19.1. The highest BCUT2D eigenvalue weighted by Gasteiger charge is 2.61. The number of aromatic nitrogens is 2. The van der Waals surface area contributed by atoms with Gasteiger partial charge >= 0.3 is 0 Å². The van der Waals surface area contributed by atoms with Gasteiger partial charge in [-0.15, -0.1) is 6.42 Å². The van der Waals surface area contributed by atoms with Crippen molar-refractivity contribution in [2.24, 2.45) is 32.0 Å². The smallest absolute Gasteiger partial charge is 0.232 e. The Bertz CT molecular complexity index is 1070. The Morgan fingerprint density at radius 3 is 2.91 bits per heavy atom. The second-order valence-electron chi connectivity index (χ2n) is 8.03. The van der Waals surface area contributed by atoms with Crippen molar-refractivity contribution in [3.8, 4) is 12.3 Å². The predicted octanol–water partition coefficient (Wildman–Crippen LogP) is 3.34. The van der Waals surface area contributed by atoms with Gasteiger partial charge in [-0.1, -0.05) is 30.7 Å². The number of nitrogens with zero attached hydrogens (tertiary/aromatic N) is 6. The number of terminal acetylenes is 1. The third-order valence-corrected chi connectivity index (χ3v) is 6.87. The van der Waals surface area contributed by atoms with Gasteiger partial charge < -0.3 is 15.4 Å². The number of ether oxygens (including phenoxy) is 1. The number of nitrogens with two attached hydrogens (primary N) is 1. The number of thioether (sulfide) groups is 1. The van der Waals surface area contributed by atoms with E-state index in [1.165, 1.54) is 30.3 Å². The Morgan fingerprint density at radius 2 is 2.26 bits per heavy atom. The summed E-state index contributed by atoms with van der Waals surface area (Å²) in [4.78, 5) is 23.0. The van der Waals surface area contributed by atoms with E-state index in [1.54, 1.807) is 6.92 Å². The second kappa shape index (κ2) is 10.8. The minimum atomic E-state index is -1.31. The molecule has 2 aliphatic heterocycles. The van der Waals surface area contributed by atoms with E-state index in [1.807, 2.05) is 11.8 Å². The van der Waals surface area contributed by atoms with E-state index in [-0.39, 0.29) is 25.0 Å². The number of hydrogen-bond donors (Lipinski definition) is 1. The normalized spacial score (nSPS) is 24.9. The summed E-state index contributed by atoms with van der Waals surface area (Å²) in [6, 6.07) is 0. The third-order valence-electron chi connectivity index (χ3n) is 5.91. The van der Waals surface area contributed by atoms with Gasteiger partial charge in [0, 0.05) is 31.0 Å². The number of rotatable bonds is 9. The van der Waals surface area contributed by atoms with E-state index in [2.05, 4.69) is 32.6 Å². The van der Waals surface area contributed by atoms with E-state index in [9.17, 15) is 4.39 Å². The molecule has 3 atom stereocenters. The van der Waals surface area contributed by atoms with Gasteiger partial charge in [0.2, 0.25) is 11.8 Å². The van der Waals surface area contributed by atoms with Crippen LogP contribution in [0.15, 0.2) is 51.4 Å². The molecule has 0 bridgehead atoms. The van der Waals surface area contributed by atoms with Crippen LogP contribution in [-0.2, 0) is 4.74 Å². The lowest BCUT2D eigenvalue weighted by atomic mass is 9.65. The molecule has 0 spiro atoms. The van der Waals surface area contributed by atoms with Crippen LogP contribution in [0.3, 0.4) is 0 Å². The molecule has 3 rings (SSSR count). The molecule has 8 nitrogen and oxygen atoms in total. The molecule has 1 fully saturated rings. The highest BCUT2D eigenvalue weighted by molar-refractivity contribution is 8.13. The van der Waals surface area contributed by atoms with Crippen LogP contribution in [0.5, 0.6) is 0 Å². The van der Waals surface area contributed by atoms with Crippen LogP contribution in [0.1, 0.15) is 20.3 Å². The molecule has 0 radical (unpaired) electrons. The molecule has 2 N–H and O–H groups in total. The molecule has 2 aliphatic rings. The minimum absolute atomic E-state index is 0.0338. The van der Waals surface area contributed by atoms with Crippen molar-refractivity contribution in [1.29, 1.82) is 0 Å². The van der Waals surface area contributed by atoms with Crippen LogP contribution in [-0.4, -0.2) is 59.1 Å². The van der Waals surface area contributed by atoms with Gasteiger partial charge in [0.25, 0.3) is 0 Å². The van der Waals surface area contributed by atoms with Gasteiger partial charge in [0.15, 0.2) is 17.6 Å². The number of amidine groups is 1. The number of anilines is 1. The highest BCUT2D eigenvalue weighted by atomic mass is 32.2. The van der Waals surface area contributed by atoms with Crippen molar-refractivity contribution >= 4 is 35.8 Å². The van der Waals surface area contributed by atoms with Crippen molar-refractivity contribution in [3.63, 3.8) is 0 Å². The summed E-state index contributed by atoms with van der Waals surface area (Å²) in [5, 5.41) is 0.356. The fourth-order valence-corrected chi connectivity index (χ4v) is 5.21. The lowest BCUT2D eigenvalue weighted by molar-refractivity contribution is 0.207. The molecule has 1 saturated heterocycles. The first-order valence-corrected chi connectivity index (χ1v) is 11.6. The summed E-state index contributed by atoms with van der Waals surface area (Å²) >= 11 is 1.41. The standard InChI is InChI=1S/C23H27F2N7OS/c1-5-7-18(25)22(3,14-30-19(11-27-4)33-8-6-2)23-15-32(21-28-9-17(24)10-29-21)12-16(23)13-34-20(26)31-23/h2,7,9-11,14,16H,4-5,8,12-13,15H2,1,3H3,(H2,26,31)/b18-7+,19-11+,30-14?/t16-,22?,23-/m0/s1. The Kier molecular flexibility index (Phi) is 8.04. The van der Waals surface area contributed by atoms with Crippen LogP contribution >= 0.6 is 11.8 Å². The minimum Gasteiger partial charge on any atom is -0.463 e. The lowest BCUT2D eigenvalue weighted by Crippen LogP contribution is -2.56. The van der Waals surface area contributed by atoms with Crippen molar-refractivity contribution in [2.75, 3.05) is 30.3 Å². The maximum absolute atomic E-state index is 15.9. The van der Waals surface area contributed by atoms with Crippen molar-refractivity contribution < 1.29 is 13.5 Å². The summed E-state index contributed by atoms with van der Waals surface area (Å²) in [7, 11) is 0. The largest absolute Gasteiger partial charge is 0.463 e. The maximum atomic E-state index is 15.9. The van der Waals surface area contributed by atoms with Gasteiger partial charge in [0.1, 0.15) is 11.4 Å². The lowest BCUT2D eigenvalue weighted by Gasteiger charge is -2.45. The van der Waals surface area contributed by atoms with Crippen LogP contribution < -0.4 is 10.6 Å². The Hall–Kier alpha value is -3.26. The van der Waals surface area contributed by atoms with Crippen LogP contribution in [0.25, 0.3) is 0 Å². The number of hydrogen-bond acceptors (Lipinski definition) is 9. The molecule has 180 valence electrons. The average molecular weight is 488 g/mol. The number of fused-ring (bicyclic) bond motifs is 1. The van der Waals surface area contributed by atoms with E-state index in [4.69, 9.17) is 21.9 Å².